The zero-order valence-corrected chi connectivity index (χ0v) is 8.12. The van der Waals surface area contributed by atoms with Crippen LogP contribution < -0.4 is 0 Å². The van der Waals surface area contributed by atoms with Crippen LogP contribution in [0.25, 0.3) is 10.1 Å². The molecule has 0 aliphatic rings. The van der Waals surface area contributed by atoms with Crippen LogP contribution in [-0.4, -0.2) is 5.11 Å². The summed E-state index contributed by atoms with van der Waals surface area (Å²) >= 11 is 6.89. The van der Waals surface area contributed by atoms with Crippen molar-refractivity contribution in [3.05, 3.63) is 28.9 Å². The van der Waals surface area contributed by atoms with Gasteiger partial charge in [-0.1, -0.05) is 0 Å². The zero-order valence-electron chi connectivity index (χ0n) is 6.55. The van der Waals surface area contributed by atoms with E-state index in [1.165, 1.54) is 17.4 Å². The SMILES string of the molecule is Oc1c(CCl)c(F)cc2ccsc12. The first kappa shape index (κ1) is 8.78. The molecule has 1 aromatic carbocycles. The van der Waals surface area contributed by atoms with Gasteiger partial charge >= 0.3 is 0 Å². The summed E-state index contributed by atoms with van der Waals surface area (Å²) in [5.41, 5.74) is 0.177. The van der Waals surface area contributed by atoms with Gasteiger partial charge in [0.1, 0.15) is 11.6 Å². The van der Waals surface area contributed by atoms with Crippen molar-refractivity contribution in [3.63, 3.8) is 0 Å². The Hall–Kier alpha value is -0.800. The molecule has 0 spiro atoms. The van der Waals surface area contributed by atoms with E-state index in [1.807, 2.05) is 5.38 Å². The lowest BCUT2D eigenvalue weighted by Crippen LogP contribution is -1.86. The molecule has 4 heteroatoms. The number of phenolic OH excluding ortho intramolecular Hbond substituents is 1. The average molecular weight is 217 g/mol. The Morgan fingerprint density at radius 2 is 2.31 bits per heavy atom. The Bertz CT molecular complexity index is 452. The molecular formula is C9H6ClFOS. The molecule has 68 valence electrons. The predicted molar refractivity (Wildman–Crippen MR) is 53.0 cm³/mol. The van der Waals surface area contributed by atoms with Gasteiger partial charge in [-0.3, -0.25) is 0 Å². The number of fused-ring (bicyclic) bond motifs is 1. The van der Waals surface area contributed by atoms with Crippen LogP contribution in [0.5, 0.6) is 5.75 Å². The monoisotopic (exact) mass is 216 g/mol. The van der Waals surface area contributed by atoms with Gasteiger partial charge in [0.05, 0.1) is 10.6 Å². The first-order valence-corrected chi connectivity index (χ1v) is 5.09. The van der Waals surface area contributed by atoms with Crippen molar-refractivity contribution in [2.24, 2.45) is 0 Å². The minimum absolute atomic E-state index is 0.00843. The molecular weight excluding hydrogens is 211 g/mol. The second kappa shape index (κ2) is 3.16. The molecule has 1 N–H and O–H groups in total. The van der Waals surface area contributed by atoms with Crippen LogP contribution in [0.3, 0.4) is 0 Å². The number of hydrogen-bond donors (Lipinski definition) is 1. The first-order chi connectivity index (χ1) is 6.24. The van der Waals surface area contributed by atoms with Crippen molar-refractivity contribution in [2.45, 2.75) is 5.88 Å². The maximum atomic E-state index is 13.2. The van der Waals surface area contributed by atoms with Gasteiger partial charge < -0.3 is 5.11 Å². The number of phenols is 1. The lowest BCUT2D eigenvalue weighted by molar-refractivity contribution is 0.470. The zero-order chi connectivity index (χ0) is 9.42. The van der Waals surface area contributed by atoms with Gasteiger partial charge in [-0.05, 0) is 22.9 Å². The highest BCUT2D eigenvalue weighted by molar-refractivity contribution is 7.17. The number of thiophene rings is 1. The van der Waals surface area contributed by atoms with E-state index < -0.39 is 5.82 Å². The van der Waals surface area contributed by atoms with Gasteiger partial charge in [0.25, 0.3) is 0 Å². The highest BCUT2D eigenvalue weighted by Crippen LogP contribution is 2.35. The summed E-state index contributed by atoms with van der Waals surface area (Å²) in [4.78, 5) is 0. The fraction of sp³-hybridized carbons (Fsp3) is 0.111. The molecule has 0 atom stereocenters. The Morgan fingerprint density at radius 3 is 3.00 bits per heavy atom. The quantitative estimate of drug-likeness (QED) is 0.724. The summed E-state index contributed by atoms with van der Waals surface area (Å²) in [5, 5.41) is 12.1. The maximum Gasteiger partial charge on any atom is 0.140 e. The number of benzene rings is 1. The Kier molecular flexibility index (Phi) is 2.14. The average Bonchev–Trinajstić information content (AvgIpc) is 2.53. The first-order valence-electron chi connectivity index (χ1n) is 3.67. The molecule has 0 bridgehead atoms. The lowest BCUT2D eigenvalue weighted by Gasteiger charge is -2.02. The van der Waals surface area contributed by atoms with E-state index in [0.717, 1.165) is 0 Å². The summed E-state index contributed by atoms with van der Waals surface area (Å²) in [5.74, 6) is -0.482. The Balaban J connectivity index is 2.85. The highest BCUT2D eigenvalue weighted by atomic mass is 35.5. The van der Waals surface area contributed by atoms with E-state index in [1.54, 1.807) is 6.07 Å². The molecule has 0 amide bonds. The molecule has 2 rings (SSSR count). The molecule has 2 aromatic rings. The number of halogens is 2. The minimum Gasteiger partial charge on any atom is -0.506 e. The molecule has 0 saturated carbocycles. The van der Waals surface area contributed by atoms with Gasteiger partial charge in [0, 0.05) is 5.56 Å². The van der Waals surface area contributed by atoms with Crippen LogP contribution in [0.4, 0.5) is 4.39 Å². The molecule has 0 unspecified atom stereocenters. The third kappa shape index (κ3) is 1.28. The lowest BCUT2D eigenvalue weighted by atomic mass is 10.1. The predicted octanol–water partition coefficient (Wildman–Crippen LogP) is 3.48. The van der Waals surface area contributed by atoms with Crippen LogP contribution in [0.2, 0.25) is 0 Å². The summed E-state index contributed by atoms with van der Waals surface area (Å²) in [7, 11) is 0. The molecule has 1 aromatic heterocycles. The second-order valence-corrected chi connectivity index (χ2v) is 3.84. The van der Waals surface area contributed by atoms with E-state index in [2.05, 4.69) is 0 Å². The number of hydrogen-bond acceptors (Lipinski definition) is 2. The van der Waals surface area contributed by atoms with Crippen LogP contribution in [0.15, 0.2) is 17.5 Å². The van der Waals surface area contributed by atoms with Crippen molar-refractivity contribution in [1.29, 1.82) is 0 Å². The molecule has 13 heavy (non-hydrogen) atoms. The van der Waals surface area contributed by atoms with Crippen LogP contribution >= 0.6 is 22.9 Å². The second-order valence-electron chi connectivity index (χ2n) is 2.66. The van der Waals surface area contributed by atoms with E-state index >= 15 is 0 Å². The Morgan fingerprint density at radius 1 is 1.54 bits per heavy atom. The summed E-state index contributed by atoms with van der Waals surface area (Å²) in [6, 6.07) is 3.16. The number of rotatable bonds is 1. The standard InChI is InChI=1S/C9H6ClFOS/c10-4-6-7(11)3-5-1-2-13-9(5)8(6)12/h1-3,12H,4H2. The minimum atomic E-state index is -0.446. The smallest absolute Gasteiger partial charge is 0.140 e. The third-order valence-corrected chi connectivity index (χ3v) is 3.10. The maximum absolute atomic E-state index is 13.2. The van der Waals surface area contributed by atoms with E-state index in [4.69, 9.17) is 11.6 Å². The number of aromatic hydroxyl groups is 1. The van der Waals surface area contributed by atoms with Crippen molar-refractivity contribution in [2.75, 3.05) is 0 Å². The van der Waals surface area contributed by atoms with Gasteiger partial charge in [0.2, 0.25) is 0 Å². The van der Waals surface area contributed by atoms with Gasteiger partial charge in [-0.25, -0.2) is 4.39 Å². The molecule has 0 radical (unpaired) electrons. The van der Waals surface area contributed by atoms with E-state index in [9.17, 15) is 9.50 Å². The molecule has 1 heterocycles. The van der Waals surface area contributed by atoms with Gasteiger partial charge in [0.15, 0.2) is 0 Å². The van der Waals surface area contributed by atoms with Gasteiger partial charge in [-0.15, -0.1) is 22.9 Å². The van der Waals surface area contributed by atoms with Gasteiger partial charge in [-0.2, -0.15) is 0 Å². The molecule has 0 aliphatic heterocycles. The topological polar surface area (TPSA) is 20.2 Å². The molecule has 1 nitrogen and oxygen atoms in total. The van der Waals surface area contributed by atoms with Crippen molar-refractivity contribution < 1.29 is 9.50 Å². The summed E-state index contributed by atoms with van der Waals surface area (Å²) in [6.45, 7) is 0. The number of alkyl halides is 1. The Labute approximate surface area is 83.4 Å². The normalized spacial score (nSPS) is 10.9. The van der Waals surface area contributed by atoms with E-state index in [-0.39, 0.29) is 17.2 Å². The van der Waals surface area contributed by atoms with Crippen LogP contribution in [0, 0.1) is 5.82 Å². The highest BCUT2D eigenvalue weighted by Gasteiger charge is 2.12. The third-order valence-electron chi connectivity index (χ3n) is 1.90. The molecule has 0 saturated heterocycles. The van der Waals surface area contributed by atoms with E-state index in [0.29, 0.717) is 10.1 Å². The summed E-state index contributed by atoms with van der Waals surface area (Å²) in [6.07, 6.45) is 0. The fourth-order valence-corrected chi connectivity index (χ4v) is 2.33. The molecule has 0 fully saturated rings. The van der Waals surface area contributed by atoms with Crippen molar-refractivity contribution in [3.8, 4) is 5.75 Å². The van der Waals surface area contributed by atoms with Crippen molar-refractivity contribution >= 4 is 33.0 Å². The fourth-order valence-electron chi connectivity index (χ4n) is 1.23. The van der Waals surface area contributed by atoms with Crippen LogP contribution in [-0.2, 0) is 5.88 Å². The van der Waals surface area contributed by atoms with Crippen molar-refractivity contribution in [1.82, 2.24) is 0 Å². The molecule has 0 aliphatic carbocycles. The summed E-state index contributed by atoms with van der Waals surface area (Å²) < 4.78 is 13.9. The van der Waals surface area contributed by atoms with Crippen LogP contribution in [0.1, 0.15) is 5.56 Å². The largest absolute Gasteiger partial charge is 0.506 e.